The van der Waals surface area contributed by atoms with Gasteiger partial charge in [-0.05, 0) is 86.1 Å². The second-order valence-corrected chi connectivity index (χ2v) is 17.3. The van der Waals surface area contributed by atoms with Crippen molar-refractivity contribution in [2.45, 2.75) is 73.6 Å². The zero-order valence-corrected chi connectivity index (χ0v) is 30.2. The van der Waals surface area contributed by atoms with Crippen molar-refractivity contribution in [3.63, 3.8) is 0 Å². The third kappa shape index (κ3) is 9.89. The van der Waals surface area contributed by atoms with Crippen LogP contribution in [0, 0.1) is 5.92 Å². The Morgan fingerprint density at radius 3 is 2.39 bits per heavy atom. The zero-order chi connectivity index (χ0) is 35.1. The van der Waals surface area contributed by atoms with Gasteiger partial charge in [0.25, 0.3) is 0 Å². The van der Waals surface area contributed by atoms with E-state index in [-0.39, 0.29) is 24.1 Å². The highest BCUT2D eigenvalue weighted by Crippen LogP contribution is 2.37. The summed E-state index contributed by atoms with van der Waals surface area (Å²) >= 11 is 0. The van der Waals surface area contributed by atoms with Crippen molar-refractivity contribution in [1.82, 2.24) is 19.7 Å². The number of benzene rings is 3. The van der Waals surface area contributed by atoms with E-state index >= 15 is 0 Å². The molecule has 49 heavy (non-hydrogen) atoms. The van der Waals surface area contributed by atoms with Crippen LogP contribution in [0.3, 0.4) is 0 Å². The third-order valence-corrected chi connectivity index (χ3v) is 12.6. The molecule has 0 aromatic heterocycles. The highest BCUT2D eigenvalue weighted by atomic mass is 32.2. The van der Waals surface area contributed by atoms with E-state index < -0.39 is 31.8 Å². The van der Waals surface area contributed by atoms with Gasteiger partial charge in [0.2, 0.25) is 20.0 Å². The molecule has 2 aliphatic heterocycles. The number of nitrogens with one attached hydrogen (secondary N) is 3. The van der Waals surface area contributed by atoms with Gasteiger partial charge in [-0.3, -0.25) is 0 Å². The van der Waals surface area contributed by atoms with Crippen LogP contribution in [0.1, 0.15) is 45.1 Å². The molecule has 11 nitrogen and oxygen atoms in total. The summed E-state index contributed by atoms with van der Waals surface area (Å²) in [6, 6.07) is 21.6. The van der Waals surface area contributed by atoms with Crippen molar-refractivity contribution in [1.29, 1.82) is 0 Å². The summed E-state index contributed by atoms with van der Waals surface area (Å²) in [6.45, 7) is 7.69. The summed E-state index contributed by atoms with van der Waals surface area (Å²) in [5.74, 6) is 1.02. The van der Waals surface area contributed by atoms with Crippen molar-refractivity contribution >= 4 is 20.0 Å². The van der Waals surface area contributed by atoms with Gasteiger partial charge in [-0.2, -0.15) is 4.31 Å². The van der Waals surface area contributed by atoms with Crippen molar-refractivity contribution in [3.05, 3.63) is 78.4 Å². The number of hydrogen-bond acceptors (Lipinski definition) is 9. The van der Waals surface area contributed by atoms with Crippen LogP contribution >= 0.6 is 0 Å². The Labute approximate surface area is 291 Å². The summed E-state index contributed by atoms with van der Waals surface area (Å²) in [7, 11) is -5.93. The molecule has 3 aromatic carbocycles. The van der Waals surface area contributed by atoms with Crippen LogP contribution in [0.5, 0.6) is 5.75 Å². The number of aliphatic hydroxyl groups is 1. The lowest BCUT2D eigenvalue weighted by Gasteiger charge is -2.38. The Morgan fingerprint density at radius 2 is 1.67 bits per heavy atom. The first-order valence-corrected chi connectivity index (χ1v) is 19.9. The lowest BCUT2D eigenvalue weighted by Crippen LogP contribution is -2.47. The van der Waals surface area contributed by atoms with Crippen LogP contribution in [0.4, 0.5) is 0 Å². The van der Waals surface area contributed by atoms with E-state index in [1.807, 2.05) is 18.2 Å². The third-order valence-electron chi connectivity index (χ3n) is 9.30. The molecule has 0 aliphatic carbocycles. The molecule has 2 saturated heterocycles. The topological polar surface area (TPSA) is 146 Å². The van der Waals surface area contributed by atoms with Gasteiger partial charge in [0.15, 0.2) is 0 Å². The first-order valence-electron chi connectivity index (χ1n) is 17.0. The highest BCUT2D eigenvalue weighted by molar-refractivity contribution is 7.89. The summed E-state index contributed by atoms with van der Waals surface area (Å²) in [4.78, 5) is 0.376. The summed E-state index contributed by atoms with van der Waals surface area (Å²) < 4.78 is 67.2. The minimum absolute atomic E-state index is 0.00977. The Kier molecular flexibility index (Phi) is 12.5. The van der Waals surface area contributed by atoms with Crippen LogP contribution in [-0.4, -0.2) is 90.4 Å². The van der Waals surface area contributed by atoms with Gasteiger partial charge in [-0.15, -0.1) is 0 Å². The molecule has 3 aromatic rings. The fourth-order valence-corrected chi connectivity index (χ4v) is 8.54. The van der Waals surface area contributed by atoms with Gasteiger partial charge in [0, 0.05) is 38.3 Å². The molecule has 2 fully saturated rings. The van der Waals surface area contributed by atoms with Gasteiger partial charge in [-0.25, -0.2) is 21.6 Å². The lowest BCUT2D eigenvalue weighted by atomic mass is 9.88. The average molecular weight is 715 g/mol. The van der Waals surface area contributed by atoms with Crippen molar-refractivity contribution in [2.24, 2.45) is 5.92 Å². The van der Waals surface area contributed by atoms with E-state index in [0.29, 0.717) is 49.1 Å². The van der Waals surface area contributed by atoms with Crippen LogP contribution in [0.25, 0.3) is 11.1 Å². The molecule has 0 radical (unpaired) electrons. The van der Waals surface area contributed by atoms with Gasteiger partial charge in [-0.1, -0.05) is 56.3 Å². The Bertz CT molecular complexity index is 1740. The summed E-state index contributed by atoms with van der Waals surface area (Å²) in [5.41, 5.74) is 2.63. The molecule has 2 heterocycles. The zero-order valence-electron chi connectivity index (χ0n) is 28.6. The first kappa shape index (κ1) is 37.4. The van der Waals surface area contributed by atoms with Gasteiger partial charge >= 0.3 is 0 Å². The van der Waals surface area contributed by atoms with Crippen molar-refractivity contribution < 1.29 is 31.4 Å². The lowest BCUT2D eigenvalue weighted by molar-refractivity contribution is -0.0312. The molecule has 2 aliphatic rings. The molecule has 268 valence electrons. The van der Waals surface area contributed by atoms with Crippen LogP contribution < -0.4 is 20.1 Å². The number of rotatable bonds is 16. The Morgan fingerprint density at radius 1 is 0.959 bits per heavy atom. The SMILES string of the molecule is CNS(=O)(=O)c1cccc(OC[C@@H](O)CNC2COC3(CCN(S(=O)(=O)c4cccc(-c5ccc(CNCCC(C)C)cc5)c4)CC3)C2)c1. The second kappa shape index (κ2) is 16.4. The molecule has 4 N–H and O–H groups in total. The minimum Gasteiger partial charge on any atom is -0.491 e. The monoisotopic (exact) mass is 714 g/mol. The largest absolute Gasteiger partial charge is 0.491 e. The number of ether oxygens (including phenoxy) is 2. The maximum absolute atomic E-state index is 13.7. The Hall–Kier alpha value is -2.88. The highest BCUT2D eigenvalue weighted by Gasteiger charge is 2.44. The molecule has 1 unspecified atom stereocenters. The van der Waals surface area contributed by atoms with Crippen LogP contribution in [0.2, 0.25) is 0 Å². The van der Waals surface area contributed by atoms with Crippen molar-refractivity contribution in [2.75, 3.05) is 46.4 Å². The van der Waals surface area contributed by atoms with Crippen molar-refractivity contribution in [3.8, 4) is 16.9 Å². The average Bonchev–Trinajstić information content (AvgIpc) is 3.50. The maximum Gasteiger partial charge on any atom is 0.243 e. The molecular formula is C36H50N4O7S2. The van der Waals surface area contributed by atoms with E-state index in [0.717, 1.165) is 37.1 Å². The molecule has 0 bridgehead atoms. The molecule has 2 atom stereocenters. The number of sulfonamides is 2. The number of nitrogens with zero attached hydrogens (tertiary/aromatic N) is 1. The predicted molar refractivity (Wildman–Crippen MR) is 190 cm³/mol. The van der Waals surface area contributed by atoms with Crippen LogP contribution in [-0.2, 0) is 31.3 Å². The molecular weight excluding hydrogens is 665 g/mol. The van der Waals surface area contributed by atoms with Gasteiger partial charge in [0.1, 0.15) is 18.5 Å². The predicted octanol–water partition coefficient (Wildman–Crippen LogP) is 3.74. The van der Waals surface area contributed by atoms with E-state index in [1.54, 1.807) is 34.6 Å². The van der Waals surface area contributed by atoms with E-state index in [9.17, 15) is 21.9 Å². The quantitative estimate of drug-likeness (QED) is 0.163. The Balaban J connectivity index is 1.08. The van der Waals surface area contributed by atoms with Gasteiger partial charge in [0.05, 0.1) is 22.0 Å². The smallest absolute Gasteiger partial charge is 0.243 e. The molecule has 5 rings (SSSR count). The first-order chi connectivity index (χ1) is 23.4. The second-order valence-electron chi connectivity index (χ2n) is 13.4. The standard InChI is InChI=1S/C36H50N4O7S2/c1-27(2)14-17-38-23-28-10-12-29(13-11-28)30-6-4-9-35(20-30)49(44,45)40-18-15-36(16-19-40)22-31(25-47-36)39-24-32(41)26-46-33-7-5-8-34(21-33)48(42,43)37-3/h4-13,20-21,27,31-32,37-39,41H,14-19,22-26H2,1-3H3/t31?,32-/m0/s1. The molecule has 13 heteroatoms. The maximum atomic E-state index is 13.7. The minimum atomic E-state index is -3.68. The fourth-order valence-electron chi connectivity index (χ4n) is 6.28. The van der Waals surface area contributed by atoms with E-state index in [1.165, 1.54) is 24.7 Å². The number of aliphatic hydroxyl groups excluding tert-OH is 1. The normalized spacial score (nSPS) is 19.0. The number of hydrogen-bond donors (Lipinski definition) is 4. The van der Waals surface area contributed by atoms with E-state index in [4.69, 9.17) is 9.47 Å². The van der Waals surface area contributed by atoms with Crippen LogP contribution in [0.15, 0.2) is 82.6 Å². The van der Waals surface area contributed by atoms with Gasteiger partial charge < -0.3 is 25.2 Å². The molecule has 0 amide bonds. The summed E-state index contributed by atoms with van der Waals surface area (Å²) in [5, 5.41) is 17.3. The molecule has 0 saturated carbocycles. The van der Waals surface area contributed by atoms with E-state index in [2.05, 4.69) is 41.3 Å². The number of piperidine rings is 1. The fraction of sp³-hybridized carbons (Fsp3) is 0.500. The molecule has 1 spiro atoms. The summed E-state index contributed by atoms with van der Waals surface area (Å²) in [6.07, 6.45) is 2.22.